The van der Waals surface area contributed by atoms with Crippen molar-refractivity contribution in [3.05, 3.63) is 53.9 Å². The number of carbonyl (C=O) groups is 1. The quantitative estimate of drug-likeness (QED) is 0.671. The van der Waals surface area contributed by atoms with Crippen LogP contribution in [0, 0.1) is 5.82 Å². The average molecular weight is 353 g/mol. The van der Waals surface area contributed by atoms with Crippen molar-refractivity contribution in [2.75, 3.05) is 19.0 Å². The second-order valence-corrected chi connectivity index (χ2v) is 5.77. The van der Waals surface area contributed by atoms with Crippen LogP contribution in [0.2, 0.25) is 0 Å². The van der Waals surface area contributed by atoms with Crippen molar-refractivity contribution < 1.29 is 13.9 Å². The summed E-state index contributed by atoms with van der Waals surface area (Å²) in [7, 11) is 1.40. The number of fused-ring (bicyclic) bond motifs is 1. The van der Waals surface area contributed by atoms with Crippen LogP contribution in [0.5, 0.6) is 5.75 Å². The van der Waals surface area contributed by atoms with Crippen LogP contribution in [0.3, 0.4) is 0 Å². The highest BCUT2D eigenvalue weighted by molar-refractivity contribution is 6.06. The Hall–Kier alpha value is -3.42. The van der Waals surface area contributed by atoms with Gasteiger partial charge in [0.25, 0.3) is 5.91 Å². The molecule has 2 aromatic heterocycles. The third-order valence-electron chi connectivity index (χ3n) is 4.23. The van der Waals surface area contributed by atoms with Crippen LogP contribution >= 0.6 is 0 Å². The summed E-state index contributed by atoms with van der Waals surface area (Å²) in [6, 6.07) is 6.31. The molecule has 1 aliphatic heterocycles. The van der Waals surface area contributed by atoms with Crippen molar-refractivity contribution in [1.29, 1.82) is 0 Å². The van der Waals surface area contributed by atoms with Crippen molar-refractivity contribution in [2.24, 2.45) is 0 Å². The first-order valence-electron chi connectivity index (χ1n) is 8.08. The van der Waals surface area contributed by atoms with Crippen LogP contribution in [0.25, 0.3) is 11.4 Å². The van der Waals surface area contributed by atoms with E-state index in [4.69, 9.17) is 4.74 Å². The van der Waals surface area contributed by atoms with E-state index >= 15 is 0 Å². The van der Waals surface area contributed by atoms with Crippen LogP contribution in [-0.2, 0) is 6.42 Å². The summed E-state index contributed by atoms with van der Waals surface area (Å²) in [6.45, 7) is 0.554. The first kappa shape index (κ1) is 16.1. The zero-order valence-electron chi connectivity index (χ0n) is 14.0. The largest absolute Gasteiger partial charge is 0.492 e. The molecule has 4 rings (SSSR count). The van der Waals surface area contributed by atoms with Gasteiger partial charge in [-0.1, -0.05) is 6.07 Å². The van der Waals surface area contributed by atoms with E-state index in [0.29, 0.717) is 41.3 Å². The lowest BCUT2D eigenvalue weighted by molar-refractivity contribution is 0.0947. The van der Waals surface area contributed by atoms with E-state index in [1.807, 2.05) is 0 Å². The maximum absolute atomic E-state index is 14.0. The second-order valence-electron chi connectivity index (χ2n) is 5.77. The third-order valence-corrected chi connectivity index (χ3v) is 4.23. The zero-order valence-corrected chi connectivity index (χ0v) is 14.0. The van der Waals surface area contributed by atoms with E-state index in [9.17, 15) is 9.18 Å². The highest BCUT2D eigenvalue weighted by Gasteiger charge is 2.28. The summed E-state index contributed by atoms with van der Waals surface area (Å²) < 4.78 is 19.2. The second kappa shape index (κ2) is 6.47. The van der Waals surface area contributed by atoms with Gasteiger partial charge < -0.3 is 20.4 Å². The van der Waals surface area contributed by atoms with E-state index in [1.165, 1.54) is 19.5 Å². The molecule has 26 heavy (non-hydrogen) atoms. The minimum absolute atomic E-state index is 0.0762. The number of para-hydroxylation sites is 1. The number of aromatic nitrogens is 3. The Balaban J connectivity index is 1.88. The molecule has 0 fully saturated rings. The lowest BCUT2D eigenvalue weighted by Gasteiger charge is -2.16. The number of anilines is 2. The first-order valence-corrected chi connectivity index (χ1v) is 8.08. The van der Waals surface area contributed by atoms with Gasteiger partial charge in [0.2, 0.25) is 0 Å². The fourth-order valence-corrected chi connectivity index (χ4v) is 3.08. The number of hydrogen-bond donors (Lipinski definition) is 3. The van der Waals surface area contributed by atoms with E-state index < -0.39 is 5.82 Å². The number of rotatable bonds is 4. The summed E-state index contributed by atoms with van der Waals surface area (Å²) >= 11 is 0. The highest BCUT2D eigenvalue weighted by atomic mass is 19.1. The van der Waals surface area contributed by atoms with Crippen molar-refractivity contribution in [2.45, 2.75) is 6.42 Å². The number of H-pyrrole nitrogens is 1. The van der Waals surface area contributed by atoms with Crippen molar-refractivity contribution in [1.82, 2.24) is 20.3 Å². The predicted octanol–water partition coefficient (Wildman–Crippen LogP) is 2.65. The number of halogens is 1. The van der Waals surface area contributed by atoms with Crippen LogP contribution in [0.4, 0.5) is 15.8 Å². The Morgan fingerprint density at radius 3 is 2.96 bits per heavy atom. The number of benzene rings is 1. The van der Waals surface area contributed by atoms with Gasteiger partial charge in [-0.3, -0.25) is 4.79 Å². The molecule has 0 bridgehead atoms. The molecule has 3 N–H and O–H groups in total. The molecule has 1 aliphatic rings. The van der Waals surface area contributed by atoms with Gasteiger partial charge in [-0.05, 0) is 18.2 Å². The molecular weight excluding hydrogens is 337 g/mol. The van der Waals surface area contributed by atoms with Gasteiger partial charge >= 0.3 is 0 Å². The molecule has 0 saturated heterocycles. The van der Waals surface area contributed by atoms with Crippen LogP contribution < -0.4 is 15.4 Å². The Bertz CT molecular complexity index is 971. The summed E-state index contributed by atoms with van der Waals surface area (Å²) in [5.74, 6) is -0.608. The topological polar surface area (TPSA) is 91.9 Å². The zero-order chi connectivity index (χ0) is 18.1. The number of nitrogens with zero attached hydrogens (tertiary/aromatic N) is 2. The number of nitrogens with one attached hydrogen (secondary N) is 3. The number of amides is 1. The van der Waals surface area contributed by atoms with Gasteiger partial charge in [-0.25, -0.2) is 14.4 Å². The smallest absolute Gasteiger partial charge is 0.255 e. The third kappa shape index (κ3) is 2.65. The molecule has 7 nitrogen and oxygen atoms in total. The number of methoxy groups -OCH3 is 1. The van der Waals surface area contributed by atoms with Crippen molar-refractivity contribution >= 4 is 17.3 Å². The molecule has 0 unspecified atom stereocenters. The standard InChI is InChI=1S/C18H16FN5O2/c1-26-17-10(19)3-2-4-13(17)24-16-14-11(6-8-21-18(14)25)23-15(16)12-5-7-20-9-22-12/h2-5,7,9,23-24H,6,8H2,1H3,(H,21,25). The molecule has 1 aromatic carbocycles. The summed E-state index contributed by atoms with van der Waals surface area (Å²) in [5, 5.41) is 5.98. The minimum atomic E-state index is -0.491. The van der Waals surface area contributed by atoms with Gasteiger partial charge in [0.05, 0.1) is 35.4 Å². The Labute approximate surface area is 148 Å². The average Bonchev–Trinajstić information content (AvgIpc) is 3.02. The number of aromatic amines is 1. The minimum Gasteiger partial charge on any atom is -0.492 e. The summed E-state index contributed by atoms with van der Waals surface area (Å²) in [4.78, 5) is 23.9. The normalized spacial score (nSPS) is 13.1. The molecule has 0 saturated carbocycles. The molecule has 0 spiro atoms. The van der Waals surface area contributed by atoms with E-state index in [2.05, 4.69) is 25.6 Å². The Kier molecular flexibility index (Phi) is 4.00. The molecule has 3 aromatic rings. The molecule has 3 heterocycles. The number of carbonyl (C=O) groups excluding carboxylic acids is 1. The number of hydrogen-bond acceptors (Lipinski definition) is 5. The SMILES string of the molecule is COc1c(F)cccc1Nc1c(-c2ccncn2)[nH]c2c1C(=O)NCC2. The van der Waals surface area contributed by atoms with Crippen LogP contribution in [-0.4, -0.2) is 34.5 Å². The van der Waals surface area contributed by atoms with Crippen molar-refractivity contribution in [3.8, 4) is 17.1 Å². The van der Waals surface area contributed by atoms with E-state index in [-0.39, 0.29) is 11.7 Å². The summed E-state index contributed by atoms with van der Waals surface area (Å²) in [5.41, 5.74) is 3.51. The van der Waals surface area contributed by atoms with Gasteiger partial charge in [0, 0.05) is 24.9 Å². The lowest BCUT2D eigenvalue weighted by atomic mass is 10.1. The first-order chi connectivity index (χ1) is 12.7. The highest BCUT2D eigenvalue weighted by Crippen LogP contribution is 2.38. The van der Waals surface area contributed by atoms with Crippen LogP contribution in [0.15, 0.2) is 36.8 Å². The Morgan fingerprint density at radius 1 is 1.31 bits per heavy atom. The lowest BCUT2D eigenvalue weighted by Crippen LogP contribution is -2.31. The molecule has 0 aliphatic carbocycles. The Morgan fingerprint density at radius 2 is 2.19 bits per heavy atom. The molecule has 0 atom stereocenters. The van der Waals surface area contributed by atoms with Gasteiger partial charge in [0.15, 0.2) is 11.6 Å². The molecular formula is C18H16FN5O2. The molecule has 132 valence electrons. The van der Waals surface area contributed by atoms with Gasteiger partial charge in [-0.15, -0.1) is 0 Å². The maximum atomic E-state index is 14.0. The van der Waals surface area contributed by atoms with Crippen molar-refractivity contribution in [3.63, 3.8) is 0 Å². The molecule has 8 heteroatoms. The predicted molar refractivity (Wildman–Crippen MR) is 94.1 cm³/mol. The molecule has 1 amide bonds. The fraction of sp³-hybridized carbons (Fsp3) is 0.167. The van der Waals surface area contributed by atoms with E-state index in [1.54, 1.807) is 24.4 Å². The molecule has 0 radical (unpaired) electrons. The van der Waals surface area contributed by atoms with Gasteiger partial charge in [-0.2, -0.15) is 0 Å². The van der Waals surface area contributed by atoms with E-state index in [0.717, 1.165) is 5.69 Å². The number of ether oxygens (including phenoxy) is 1. The van der Waals surface area contributed by atoms with Crippen LogP contribution in [0.1, 0.15) is 16.1 Å². The summed E-state index contributed by atoms with van der Waals surface area (Å²) in [6.07, 6.45) is 3.72. The maximum Gasteiger partial charge on any atom is 0.255 e. The fourth-order valence-electron chi connectivity index (χ4n) is 3.08. The monoisotopic (exact) mass is 353 g/mol. The van der Waals surface area contributed by atoms with Gasteiger partial charge in [0.1, 0.15) is 6.33 Å².